The molecule has 0 aliphatic carbocycles. The predicted octanol–water partition coefficient (Wildman–Crippen LogP) is 6.42. The molecule has 0 amide bonds. The summed E-state index contributed by atoms with van der Waals surface area (Å²) in [4.78, 5) is 27.9. The third-order valence-corrected chi connectivity index (χ3v) is 5.29. The molecule has 0 atom stereocenters. The van der Waals surface area contributed by atoms with Gasteiger partial charge >= 0.3 is 11.9 Å². The first-order valence-corrected chi connectivity index (χ1v) is 10.8. The van der Waals surface area contributed by atoms with E-state index in [2.05, 4.69) is 4.85 Å². The van der Waals surface area contributed by atoms with Crippen LogP contribution in [0.4, 0.5) is 14.5 Å². The molecule has 4 aromatic carbocycles. The van der Waals surface area contributed by atoms with Gasteiger partial charge in [-0.2, -0.15) is 5.26 Å². The number of carbonyl (C=O) groups excluding carboxylic acids is 2. The van der Waals surface area contributed by atoms with E-state index in [-0.39, 0.29) is 29.0 Å². The molecule has 0 aliphatic rings. The number of ether oxygens (including phenoxy) is 2. The molecule has 4 rings (SSSR count). The van der Waals surface area contributed by atoms with Gasteiger partial charge in [0.15, 0.2) is 5.69 Å². The van der Waals surface area contributed by atoms with E-state index in [0.717, 1.165) is 12.1 Å². The van der Waals surface area contributed by atoms with E-state index in [1.165, 1.54) is 72.8 Å². The summed E-state index contributed by atoms with van der Waals surface area (Å²) in [5, 5.41) is 8.82. The van der Waals surface area contributed by atoms with Gasteiger partial charge in [0.05, 0.1) is 29.3 Å². The molecule has 4 aromatic rings. The van der Waals surface area contributed by atoms with Crippen molar-refractivity contribution in [3.8, 4) is 17.6 Å². The highest BCUT2D eigenvalue weighted by atomic mass is 19.1. The molecule has 6 nitrogen and oxygen atoms in total. The fourth-order valence-corrected chi connectivity index (χ4v) is 3.41. The van der Waals surface area contributed by atoms with Crippen LogP contribution in [0.15, 0.2) is 84.9 Å². The molecule has 0 aromatic heterocycles. The first-order chi connectivity index (χ1) is 17.9. The minimum absolute atomic E-state index is 0.145. The van der Waals surface area contributed by atoms with Crippen LogP contribution in [0.2, 0.25) is 0 Å². The number of halogens is 2. The predicted molar refractivity (Wildman–Crippen MR) is 129 cm³/mol. The lowest BCUT2D eigenvalue weighted by molar-refractivity contribution is 0.0720. The van der Waals surface area contributed by atoms with Gasteiger partial charge in [0.25, 0.3) is 0 Å². The van der Waals surface area contributed by atoms with Gasteiger partial charge in [0.2, 0.25) is 0 Å². The van der Waals surface area contributed by atoms with E-state index in [0.29, 0.717) is 22.4 Å². The van der Waals surface area contributed by atoms with Crippen LogP contribution < -0.4 is 9.47 Å². The molecule has 0 aliphatic heterocycles. The van der Waals surface area contributed by atoms with Gasteiger partial charge in [-0.3, -0.25) is 0 Å². The van der Waals surface area contributed by atoms with Crippen molar-refractivity contribution in [2.75, 3.05) is 0 Å². The van der Waals surface area contributed by atoms with Gasteiger partial charge in [0, 0.05) is 0 Å². The maximum atomic E-state index is 14.6. The summed E-state index contributed by atoms with van der Waals surface area (Å²) in [7, 11) is 0. The Labute approximate surface area is 210 Å². The van der Waals surface area contributed by atoms with E-state index in [1.54, 1.807) is 0 Å². The molecule has 8 heteroatoms. The highest BCUT2D eigenvalue weighted by Gasteiger charge is 2.17. The number of nitriles is 1. The van der Waals surface area contributed by atoms with Gasteiger partial charge in [-0.05, 0) is 78.2 Å². The SMILES string of the molecule is [C-]#[N+]c1ccc(OC(=O)c2ccc(Cc3ccc(C(=O)Oc4ccc(C#N)cc4)c(F)c3)cc2F)cc1. The lowest BCUT2D eigenvalue weighted by Gasteiger charge is -2.09. The molecule has 0 fully saturated rings. The van der Waals surface area contributed by atoms with Gasteiger partial charge in [-0.25, -0.2) is 23.2 Å². The zero-order valence-electron chi connectivity index (χ0n) is 19.1. The Morgan fingerprint density at radius 3 is 1.62 bits per heavy atom. The minimum Gasteiger partial charge on any atom is -0.423 e. The smallest absolute Gasteiger partial charge is 0.346 e. The number of esters is 2. The molecular weight excluding hydrogens is 478 g/mol. The maximum absolute atomic E-state index is 14.6. The molecule has 0 unspecified atom stereocenters. The Morgan fingerprint density at radius 1 is 0.757 bits per heavy atom. The largest absolute Gasteiger partial charge is 0.423 e. The van der Waals surface area contributed by atoms with Crippen LogP contribution in [-0.2, 0) is 6.42 Å². The molecular formula is C29H16F2N2O4. The zero-order chi connectivity index (χ0) is 26.4. The standard InChI is InChI=1S/C29H16F2N2O4/c1-33-21-6-10-23(11-7-21)37-29(35)25-13-5-20(16-27(25)31)14-19-4-12-24(26(30)15-19)28(34)36-22-8-2-18(17-32)3-9-22/h2-13,15-16H,14H2. The summed E-state index contributed by atoms with van der Waals surface area (Å²) < 4.78 is 39.6. The normalized spacial score (nSPS) is 10.2. The number of hydrogen-bond acceptors (Lipinski definition) is 5. The minimum atomic E-state index is -0.897. The van der Waals surface area contributed by atoms with Crippen molar-refractivity contribution in [3.05, 3.63) is 136 Å². The maximum Gasteiger partial charge on any atom is 0.346 e. The molecule has 0 bridgehead atoms. The third kappa shape index (κ3) is 6.02. The van der Waals surface area contributed by atoms with Crippen LogP contribution in [-0.4, -0.2) is 11.9 Å². The van der Waals surface area contributed by atoms with Crippen molar-refractivity contribution in [1.82, 2.24) is 0 Å². The monoisotopic (exact) mass is 494 g/mol. The second-order valence-corrected chi connectivity index (χ2v) is 7.83. The van der Waals surface area contributed by atoms with Crippen LogP contribution in [0, 0.1) is 29.5 Å². The van der Waals surface area contributed by atoms with Crippen molar-refractivity contribution in [2.45, 2.75) is 6.42 Å². The average Bonchev–Trinajstić information content (AvgIpc) is 2.89. The van der Waals surface area contributed by atoms with Crippen LogP contribution in [0.3, 0.4) is 0 Å². The van der Waals surface area contributed by atoms with Crippen molar-refractivity contribution in [1.29, 1.82) is 5.26 Å². The molecule has 0 N–H and O–H groups in total. The number of benzene rings is 4. The Balaban J connectivity index is 1.42. The van der Waals surface area contributed by atoms with E-state index in [1.807, 2.05) is 6.07 Å². The quantitative estimate of drug-likeness (QED) is 0.176. The van der Waals surface area contributed by atoms with Crippen LogP contribution in [0.5, 0.6) is 11.5 Å². The Morgan fingerprint density at radius 2 is 1.22 bits per heavy atom. The fraction of sp³-hybridized carbons (Fsp3) is 0.0345. The topological polar surface area (TPSA) is 80.8 Å². The summed E-state index contributed by atoms with van der Waals surface area (Å²) in [6.07, 6.45) is 0.145. The van der Waals surface area contributed by atoms with Gasteiger partial charge in [-0.1, -0.05) is 24.3 Å². The Kier molecular flexibility index (Phi) is 7.32. The van der Waals surface area contributed by atoms with Crippen LogP contribution in [0.25, 0.3) is 4.85 Å². The third-order valence-electron chi connectivity index (χ3n) is 5.29. The summed E-state index contributed by atoms with van der Waals surface area (Å²) in [5.74, 6) is -3.05. The summed E-state index contributed by atoms with van der Waals surface area (Å²) in [6, 6.07) is 21.5. The lowest BCUT2D eigenvalue weighted by Crippen LogP contribution is -2.11. The van der Waals surface area contributed by atoms with E-state index in [9.17, 15) is 18.4 Å². The number of rotatable bonds is 6. The molecule has 0 saturated heterocycles. The summed E-state index contributed by atoms with van der Waals surface area (Å²) in [5.41, 5.74) is 1.17. The van der Waals surface area contributed by atoms with Crippen molar-refractivity contribution < 1.29 is 27.8 Å². The molecule has 37 heavy (non-hydrogen) atoms. The summed E-state index contributed by atoms with van der Waals surface area (Å²) >= 11 is 0. The number of hydrogen-bond donors (Lipinski definition) is 0. The number of carbonyl (C=O) groups is 2. The highest BCUT2D eigenvalue weighted by molar-refractivity contribution is 5.92. The molecule has 0 heterocycles. The average molecular weight is 494 g/mol. The van der Waals surface area contributed by atoms with Crippen molar-refractivity contribution >= 4 is 17.6 Å². The van der Waals surface area contributed by atoms with E-state index < -0.39 is 23.6 Å². The van der Waals surface area contributed by atoms with Gasteiger partial charge in [-0.15, -0.1) is 0 Å². The summed E-state index contributed by atoms with van der Waals surface area (Å²) in [6.45, 7) is 6.93. The molecule has 0 spiro atoms. The highest BCUT2D eigenvalue weighted by Crippen LogP contribution is 2.22. The molecule has 0 radical (unpaired) electrons. The Hall–Kier alpha value is -5.34. The van der Waals surface area contributed by atoms with Crippen molar-refractivity contribution in [3.63, 3.8) is 0 Å². The van der Waals surface area contributed by atoms with E-state index >= 15 is 0 Å². The van der Waals surface area contributed by atoms with Crippen LogP contribution >= 0.6 is 0 Å². The zero-order valence-corrected chi connectivity index (χ0v) is 19.1. The lowest BCUT2D eigenvalue weighted by atomic mass is 10.0. The second kappa shape index (κ2) is 10.9. The fourth-order valence-electron chi connectivity index (χ4n) is 3.41. The van der Waals surface area contributed by atoms with Crippen LogP contribution in [0.1, 0.15) is 37.4 Å². The second-order valence-electron chi connectivity index (χ2n) is 7.83. The Bertz CT molecular complexity index is 1450. The number of nitrogens with zero attached hydrogens (tertiary/aromatic N) is 2. The molecule has 180 valence electrons. The molecule has 0 saturated carbocycles. The van der Waals surface area contributed by atoms with Gasteiger partial charge < -0.3 is 9.47 Å². The van der Waals surface area contributed by atoms with E-state index in [4.69, 9.17) is 21.3 Å². The van der Waals surface area contributed by atoms with Crippen molar-refractivity contribution in [2.24, 2.45) is 0 Å². The first-order valence-electron chi connectivity index (χ1n) is 10.8. The first kappa shape index (κ1) is 24.8. The van der Waals surface area contributed by atoms with Gasteiger partial charge in [0.1, 0.15) is 23.1 Å².